The molecule has 3 aromatic rings. The van der Waals surface area contributed by atoms with Crippen LogP contribution in [0.5, 0.6) is 0 Å². The van der Waals surface area contributed by atoms with Gasteiger partial charge >= 0.3 is 0 Å². The van der Waals surface area contributed by atoms with E-state index < -0.39 is 0 Å². The van der Waals surface area contributed by atoms with Crippen LogP contribution < -0.4 is 0 Å². The summed E-state index contributed by atoms with van der Waals surface area (Å²) in [6, 6.07) is 3.85. The van der Waals surface area contributed by atoms with E-state index in [9.17, 15) is 0 Å². The van der Waals surface area contributed by atoms with Crippen molar-refractivity contribution in [2.45, 2.75) is 46.2 Å². The molecule has 0 bridgehead atoms. The summed E-state index contributed by atoms with van der Waals surface area (Å²) < 4.78 is 2.10. The molecule has 0 amide bonds. The van der Waals surface area contributed by atoms with Crippen LogP contribution >= 0.6 is 11.6 Å². The highest BCUT2D eigenvalue weighted by molar-refractivity contribution is 6.30. The van der Waals surface area contributed by atoms with Crippen molar-refractivity contribution in [3.8, 4) is 0 Å². The summed E-state index contributed by atoms with van der Waals surface area (Å²) in [5, 5.41) is 0.727. The molecule has 5 nitrogen and oxygen atoms in total. The highest BCUT2D eigenvalue weighted by atomic mass is 35.5. The van der Waals surface area contributed by atoms with Gasteiger partial charge in [-0.25, -0.2) is 15.0 Å². The van der Waals surface area contributed by atoms with Crippen molar-refractivity contribution in [1.29, 1.82) is 0 Å². The monoisotopic (exact) mass is 355 g/mol. The van der Waals surface area contributed by atoms with Gasteiger partial charge in [-0.2, -0.15) is 0 Å². The standard InChI is InChI=1S/C19H22ClN5/c1-12(2)19-21-8-14-9-24(7-6-16(14)23-19)11-17-13(3)22-18-5-4-15(20)10-25(17)18/h4-5,8,10,12H,6-7,9,11H2,1-3H3. The van der Waals surface area contributed by atoms with E-state index in [-0.39, 0.29) is 0 Å². The molecule has 0 saturated carbocycles. The summed E-state index contributed by atoms with van der Waals surface area (Å²) in [7, 11) is 0. The molecule has 1 aliphatic rings. The first-order valence-corrected chi connectivity index (χ1v) is 9.09. The Kier molecular flexibility index (Phi) is 4.21. The summed E-state index contributed by atoms with van der Waals surface area (Å²) in [6.07, 6.45) is 4.91. The topological polar surface area (TPSA) is 46.3 Å². The quantitative estimate of drug-likeness (QED) is 0.717. The Morgan fingerprint density at radius 3 is 2.88 bits per heavy atom. The molecule has 0 N–H and O–H groups in total. The zero-order chi connectivity index (χ0) is 17.6. The van der Waals surface area contributed by atoms with Crippen molar-refractivity contribution < 1.29 is 0 Å². The normalized spacial score (nSPS) is 15.1. The molecule has 0 fully saturated rings. The fourth-order valence-corrected chi connectivity index (χ4v) is 3.55. The Morgan fingerprint density at radius 1 is 1.24 bits per heavy atom. The number of hydrogen-bond acceptors (Lipinski definition) is 4. The molecule has 130 valence electrons. The maximum absolute atomic E-state index is 6.17. The lowest BCUT2D eigenvalue weighted by molar-refractivity contribution is 0.238. The van der Waals surface area contributed by atoms with Crippen LogP contribution in [0.1, 0.15) is 48.2 Å². The third-order valence-corrected chi connectivity index (χ3v) is 5.03. The lowest BCUT2D eigenvalue weighted by atomic mass is 10.1. The third-order valence-electron chi connectivity index (χ3n) is 4.80. The molecule has 3 aromatic heterocycles. The van der Waals surface area contributed by atoms with Gasteiger partial charge in [0.15, 0.2) is 0 Å². The molecule has 25 heavy (non-hydrogen) atoms. The second-order valence-electron chi connectivity index (χ2n) is 7.03. The first-order chi connectivity index (χ1) is 12.0. The summed E-state index contributed by atoms with van der Waals surface area (Å²) in [5.74, 6) is 1.31. The van der Waals surface area contributed by atoms with Gasteiger partial charge in [0, 0.05) is 55.6 Å². The number of nitrogens with zero attached hydrogens (tertiary/aromatic N) is 5. The van der Waals surface area contributed by atoms with Gasteiger partial charge in [-0.1, -0.05) is 25.4 Å². The summed E-state index contributed by atoms with van der Waals surface area (Å²) in [5.41, 5.74) is 5.63. The molecular weight excluding hydrogens is 334 g/mol. The third kappa shape index (κ3) is 3.14. The zero-order valence-corrected chi connectivity index (χ0v) is 15.6. The van der Waals surface area contributed by atoms with Crippen molar-refractivity contribution in [3.63, 3.8) is 0 Å². The Bertz CT molecular complexity index is 931. The molecule has 0 unspecified atom stereocenters. The molecule has 0 atom stereocenters. The van der Waals surface area contributed by atoms with E-state index in [1.165, 1.54) is 17.0 Å². The van der Waals surface area contributed by atoms with E-state index in [0.717, 1.165) is 48.2 Å². The summed E-state index contributed by atoms with van der Waals surface area (Å²) in [4.78, 5) is 16.4. The second-order valence-corrected chi connectivity index (χ2v) is 7.47. The lowest BCUT2D eigenvalue weighted by Crippen LogP contribution is -2.31. The van der Waals surface area contributed by atoms with Crippen LogP contribution in [-0.4, -0.2) is 30.8 Å². The average Bonchev–Trinajstić information content (AvgIpc) is 2.89. The molecule has 4 heterocycles. The number of halogens is 1. The zero-order valence-electron chi connectivity index (χ0n) is 14.8. The second kappa shape index (κ2) is 6.39. The Morgan fingerprint density at radius 2 is 2.08 bits per heavy atom. The van der Waals surface area contributed by atoms with Gasteiger partial charge in [-0.15, -0.1) is 0 Å². The van der Waals surface area contributed by atoms with Gasteiger partial charge in [-0.3, -0.25) is 4.90 Å². The van der Waals surface area contributed by atoms with Gasteiger partial charge in [0.05, 0.1) is 16.4 Å². The van der Waals surface area contributed by atoms with E-state index in [2.05, 4.69) is 40.0 Å². The summed E-state index contributed by atoms with van der Waals surface area (Å²) in [6.45, 7) is 9.05. The predicted octanol–water partition coefficient (Wildman–Crippen LogP) is 3.77. The van der Waals surface area contributed by atoms with E-state index in [1.54, 1.807) is 0 Å². The largest absolute Gasteiger partial charge is 0.301 e. The smallest absolute Gasteiger partial charge is 0.137 e. The van der Waals surface area contributed by atoms with Gasteiger partial charge in [0.1, 0.15) is 11.5 Å². The van der Waals surface area contributed by atoms with Gasteiger partial charge in [0.25, 0.3) is 0 Å². The van der Waals surface area contributed by atoms with E-state index in [0.29, 0.717) is 5.92 Å². The highest BCUT2D eigenvalue weighted by Crippen LogP contribution is 2.23. The number of fused-ring (bicyclic) bond motifs is 2. The van der Waals surface area contributed by atoms with Crippen LogP contribution in [0.15, 0.2) is 24.5 Å². The van der Waals surface area contributed by atoms with Gasteiger partial charge in [0.2, 0.25) is 0 Å². The van der Waals surface area contributed by atoms with Crippen LogP contribution in [0.4, 0.5) is 0 Å². The number of rotatable bonds is 3. The summed E-state index contributed by atoms with van der Waals surface area (Å²) >= 11 is 6.17. The Balaban J connectivity index is 1.59. The van der Waals surface area contributed by atoms with Crippen LogP contribution in [0, 0.1) is 6.92 Å². The minimum atomic E-state index is 0.369. The number of hydrogen-bond donors (Lipinski definition) is 0. The van der Waals surface area contributed by atoms with Crippen LogP contribution in [0.3, 0.4) is 0 Å². The van der Waals surface area contributed by atoms with Crippen LogP contribution in [0.2, 0.25) is 5.02 Å². The highest BCUT2D eigenvalue weighted by Gasteiger charge is 2.21. The molecular formula is C19H22ClN5. The number of imidazole rings is 1. The number of aromatic nitrogens is 4. The number of pyridine rings is 1. The van der Waals surface area contributed by atoms with E-state index >= 15 is 0 Å². The first kappa shape index (κ1) is 16.5. The van der Waals surface area contributed by atoms with Crippen LogP contribution in [-0.2, 0) is 19.5 Å². The average molecular weight is 356 g/mol. The molecule has 0 radical (unpaired) electrons. The van der Waals surface area contributed by atoms with Gasteiger partial charge < -0.3 is 4.40 Å². The fourth-order valence-electron chi connectivity index (χ4n) is 3.39. The van der Waals surface area contributed by atoms with Gasteiger partial charge in [-0.05, 0) is 19.1 Å². The lowest BCUT2D eigenvalue weighted by Gasteiger charge is -2.28. The number of aryl methyl sites for hydroxylation is 1. The molecule has 0 aliphatic carbocycles. The fraction of sp³-hybridized carbons (Fsp3) is 0.421. The Hall–Kier alpha value is -1.98. The van der Waals surface area contributed by atoms with Crippen molar-refractivity contribution in [2.24, 2.45) is 0 Å². The first-order valence-electron chi connectivity index (χ1n) is 8.71. The van der Waals surface area contributed by atoms with E-state index in [1.807, 2.05) is 24.5 Å². The van der Waals surface area contributed by atoms with Crippen LogP contribution in [0.25, 0.3) is 5.65 Å². The SMILES string of the molecule is Cc1nc2ccc(Cl)cn2c1CN1CCc2nc(C(C)C)ncc2C1. The molecule has 0 aromatic carbocycles. The maximum Gasteiger partial charge on any atom is 0.137 e. The molecule has 4 rings (SSSR count). The Labute approximate surface area is 152 Å². The minimum Gasteiger partial charge on any atom is -0.301 e. The maximum atomic E-state index is 6.17. The van der Waals surface area contributed by atoms with Crippen molar-refractivity contribution in [3.05, 3.63) is 58.0 Å². The van der Waals surface area contributed by atoms with E-state index in [4.69, 9.17) is 16.6 Å². The molecule has 0 spiro atoms. The van der Waals surface area contributed by atoms with Crippen molar-refractivity contribution in [1.82, 2.24) is 24.3 Å². The molecule has 1 aliphatic heterocycles. The molecule has 0 saturated heterocycles. The molecule has 6 heteroatoms. The predicted molar refractivity (Wildman–Crippen MR) is 98.9 cm³/mol. The van der Waals surface area contributed by atoms with Crippen molar-refractivity contribution in [2.75, 3.05) is 6.54 Å². The van der Waals surface area contributed by atoms with Crippen molar-refractivity contribution >= 4 is 17.2 Å². The minimum absolute atomic E-state index is 0.369.